The van der Waals surface area contributed by atoms with Crippen molar-refractivity contribution in [3.05, 3.63) is 87.1 Å². The largest absolute Gasteiger partial charge is 0.493 e. The first kappa shape index (κ1) is 19.7. The summed E-state index contributed by atoms with van der Waals surface area (Å²) in [6, 6.07) is 17.5. The van der Waals surface area contributed by atoms with Crippen molar-refractivity contribution >= 4 is 27.5 Å². The molecule has 1 aromatic heterocycles. The van der Waals surface area contributed by atoms with E-state index in [1.165, 1.54) is 0 Å². The molecular weight excluding hydrogens is 428 g/mol. The molecule has 2 aromatic carbocycles. The van der Waals surface area contributed by atoms with E-state index in [-0.39, 0.29) is 0 Å². The highest BCUT2D eigenvalue weighted by Crippen LogP contribution is 2.37. The second-order valence-corrected chi connectivity index (χ2v) is 7.18. The second kappa shape index (κ2) is 9.74. The third kappa shape index (κ3) is 5.45. The monoisotopic (exact) mass is 446 g/mol. The zero-order valence-electron chi connectivity index (χ0n) is 14.9. The number of nitrogens with one attached hydrogen (secondary N) is 1. The molecule has 3 aromatic rings. The van der Waals surface area contributed by atoms with E-state index >= 15 is 0 Å². The highest BCUT2D eigenvalue weighted by atomic mass is 79.9. The Labute approximate surface area is 172 Å². The number of benzene rings is 2. The Morgan fingerprint density at radius 3 is 2.63 bits per heavy atom. The molecule has 0 atom stereocenters. The van der Waals surface area contributed by atoms with Gasteiger partial charge in [-0.1, -0.05) is 35.9 Å². The van der Waals surface area contributed by atoms with E-state index in [0.29, 0.717) is 36.2 Å². The van der Waals surface area contributed by atoms with Crippen LogP contribution in [0.2, 0.25) is 5.02 Å². The predicted octanol–water partition coefficient (Wildman–Crippen LogP) is 5.37. The normalized spacial score (nSPS) is 10.6. The van der Waals surface area contributed by atoms with Crippen LogP contribution in [-0.4, -0.2) is 12.1 Å². The van der Waals surface area contributed by atoms with Gasteiger partial charge >= 0.3 is 0 Å². The summed E-state index contributed by atoms with van der Waals surface area (Å²) in [6.07, 6.45) is 1.79. The van der Waals surface area contributed by atoms with Crippen molar-refractivity contribution in [3.63, 3.8) is 0 Å². The molecule has 4 nitrogen and oxygen atoms in total. The molecule has 0 fully saturated rings. The molecule has 0 aliphatic heterocycles. The van der Waals surface area contributed by atoms with Gasteiger partial charge in [0.25, 0.3) is 0 Å². The first-order chi connectivity index (χ1) is 13.2. The zero-order valence-corrected chi connectivity index (χ0v) is 17.3. The molecule has 0 bridgehead atoms. The Hall–Kier alpha value is -2.08. The number of hydrogen-bond donors (Lipinski definition) is 1. The number of rotatable bonds is 8. The van der Waals surface area contributed by atoms with E-state index in [4.69, 9.17) is 21.1 Å². The fourth-order valence-corrected chi connectivity index (χ4v) is 3.41. The Morgan fingerprint density at radius 2 is 1.89 bits per heavy atom. The van der Waals surface area contributed by atoms with Crippen LogP contribution >= 0.6 is 27.5 Å². The molecule has 0 unspecified atom stereocenters. The summed E-state index contributed by atoms with van der Waals surface area (Å²) in [5.41, 5.74) is 3.01. The van der Waals surface area contributed by atoms with Crippen molar-refractivity contribution in [2.75, 3.05) is 7.11 Å². The van der Waals surface area contributed by atoms with E-state index in [1.807, 2.05) is 54.6 Å². The Kier molecular flexibility index (Phi) is 7.10. The SMILES string of the molecule is COc1cc(CNCc2ccccn2)cc(Br)c1OCc1ccccc1Cl. The summed E-state index contributed by atoms with van der Waals surface area (Å²) in [6.45, 7) is 1.76. The molecule has 1 N–H and O–H groups in total. The molecule has 3 rings (SSSR count). The van der Waals surface area contributed by atoms with Gasteiger partial charge in [0.05, 0.1) is 17.3 Å². The van der Waals surface area contributed by atoms with E-state index in [0.717, 1.165) is 21.3 Å². The summed E-state index contributed by atoms with van der Waals surface area (Å²) in [5.74, 6) is 1.33. The van der Waals surface area contributed by atoms with E-state index in [2.05, 4.69) is 26.2 Å². The van der Waals surface area contributed by atoms with Gasteiger partial charge in [-0.05, 0) is 51.8 Å². The number of pyridine rings is 1. The number of aromatic nitrogens is 1. The summed E-state index contributed by atoms with van der Waals surface area (Å²) >= 11 is 9.79. The average Bonchev–Trinajstić information content (AvgIpc) is 2.69. The quantitative estimate of drug-likeness (QED) is 0.504. The van der Waals surface area contributed by atoms with Crippen LogP contribution in [0.1, 0.15) is 16.8 Å². The van der Waals surface area contributed by atoms with Gasteiger partial charge in [0, 0.05) is 29.9 Å². The minimum Gasteiger partial charge on any atom is -0.493 e. The maximum absolute atomic E-state index is 6.20. The zero-order chi connectivity index (χ0) is 19.1. The molecule has 140 valence electrons. The fraction of sp³-hybridized carbons (Fsp3) is 0.190. The van der Waals surface area contributed by atoms with Gasteiger partial charge < -0.3 is 14.8 Å². The van der Waals surface area contributed by atoms with Gasteiger partial charge in [0.2, 0.25) is 0 Å². The van der Waals surface area contributed by atoms with Gasteiger partial charge in [0.1, 0.15) is 6.61 Å². The lowest BCUT2D eigenvalue weighted by molar-refractivity contribution is 0.282. The minimum absolute atomic E-state index is 0.367. The number of hydrogen-bond acceptors (Lipinski definition) is 4. The Balaban J connectivity index is 1.66. The van der Waals surface area contributed by atoms with Crippen molar-refractivity contribution < 1.29 is 9.47 Å². The van der Waals surface area contributed by atoms with Gasteiger partial charge in [-0.25, -0.2) is 0 Å². The molecule has 0 amide bonds. The van der Waals surface area contributed by atoms with Crippen molar-refractivity contribution in [1.82, 2.24) is 10.3 Å². The second-order valence-electron chi connectivity index (χ2n) is 5.91. The summed E-state index contributed by atoms with van der Waals surface area (Å²) in [7, 11) is 1.63. The first-order valence-corrected chi connectivity index (χ1v) is 9.67. The summed E-state index contributed by atoms with van der Waals surface area (Å²) in [5, 5.41) is 4.07. The highest BCUT2D eigenvalue weighted by molar-refractivity contribution is 9.10. The molecule has 0 radical (unpaired) electrons. The van der Waals surface area contributed by atoms with Crippen LogP contribution in [0.3, 0.4) is 0 Å². The standard InChI is InChI=1S/C21H20BrClN2O2/c1-26-20-11-15(12-24-13-17-7-4-5-9-25-17)10-18(22)21(20)27-14-16-6-2-3-8-19(16)23/h2-11,24H,12-14H2,1H3. The van der Waals surface area contributed by atoms with Crippen LogP contribution in [0.5, 0.6) is 11.5 Å². The van der Waals surface area contributed by atoms with Crippen LogP contribution in [0, 0.1) is 0 Å². The molecule has 6 heteroatoms. The lowest BCUT2D eigenvalue weighted by atomic mass is 10.2. The summed E-state index contributed by atoms with van der Waals surface area (Å²) < 4.78 is 12.3. The molecule has 0 aliphatic carbocycles. The number of ether oxygens (including phenoxy) is 2. The first-order valence-electron chi connectivity index (χ1n) is 8.50. The Morgan fingerprint density at radius 1 is 1.07 bits per heavy atom. The number of nitrogens with zero attached hydrogens (tertiary/aromatic N) is 1. The van der Waals surface area contributed by atoms with E-state index in [9.17, 15) is 0 Å². The van der Waals surface area contributed by atoms with E-state index in [1.54, 1.807) is 13.3 Å². The van der Waals surface area contributed by atoms with Crippen LogP contribution in [-0.2, 0) is 19.7 Å². The molecule has 0 saturated heterocycles. The van der Waals surface area contributed by atoms with Gasteiger partial charge in [0.15, 0.2) is 11.5 Å². The maximum atomic E-state index is 6.20. The molecule has 0 spiro atoms. The smallest absolute Gasteiger partial charge is 0.175 e. The molecule has 0 saturated carbocycles. The number of halogens is 2. The van der Waals surface area contributed by atoms with Crippen molar-refractivity contribution in [2.45, 2.75) is 19.7 Å². The molecule has 27 heavy (non-hydrogen) atoms. The Bertz CT molecular complexity index is 891. The molecule has 0 aliphatic rings. The van der Waals surface area contributed by atoms with Gasteiger partial charge in [-0.2, -0.15) is 0 Å². The summed E-state index contributed by atoms with van der Waals surface area (Å²) in [4.78, 5) is 4.31. The van der Waals surface area contributed by atoms with Gasteiger partial charge in [-0.15, -0.1) is 0 Å². The molecular formula is C21H20BrClN2O2. The van der Waals surface area contributed by atoms with Crippen LogP contribution in [0.25, 0.3) is 0 Å². The van der Waals surface area contributed by atoms with E-state index < -0.39 is 0 Å². The topological polar surface area (TPSA) is 43.4 Å². The number of methoxy groups -OCH3 is 1. The molecule has 1 heterocycles. The highest BCUT2D eigenvalue weighted by Gasteiger charge is 2.13. The van der Waals surface area contributed by atoms with Crippen LogP contribution in [0.4, 0.5) is 0 Å². The minimum atomic E-state index is 0.367. The lowest BCUT2D eigenvalue weighted by Crippen LogP contribution is -2.13. The van der Waals surface area contributed by atoms with Crippen molar-refractivity contribution in [3.8, 4) is 11.5 Å². The predicted molar refractivity (Wildman–Crippen MR) is 111 cm³/mol. The van der Waals surface area contributed by atoms with Crippen LogP contribution in [0.15, 0.2) is 65.3 Å². The lowest BCUT2D eigenvalue weighted by Gasteiger charge is -2.15. The van der Waals surface area contributed by atoms with Crippen molar-refractivity contribution in [2.24, 2.45) is 0 Å². The van der Waals surface area contributed by atoms with Crippen molar-refractivity contribution in [1.29, 1.82) is 0 Å². The average molecular weight is 448 g/mol. The van der Waals surface area contributed by atoms with Gasteiger partial charge in [-0.3, -0.25) is 4.98 Å². The fourth-order valence-electron chi connectivity index (χ4n) is 2.62. The van der Waals surface area contributed by atoms with Crippen LogP contribution < -0.4 is 14.8 Å². The maximum Gasteiger partial charge on any atom is 0.175 e. The third-order valence-electron chi connectivity index (χ3n) is 3.98. The third-order valence-corrected chi connectivity index (χ3v) is 4.94.